The lowest BCUT2D eigenvalue weighted by molar-refractivity contribution is -0.126. The molecule has 0 fully saturated rings. The van der Waals surface area contributed by atoms with Crippen molar-refractivity contribution in [2.24, 2.45) is 0 Å². The molecule has 0 spiro atoms. The number of halogens is 1. The fraction of sp³-hybridized carbons (Fsp3) is 0.500. The first kappa shape index (κ1) is 22.8. The minimum absolute atomic E-state index is 0.0412. The molecule has 0 atom stereocenters. The predicted octanol–water partition coefficient (Wildman–Crippen LogP) is 4.48. The number of amides is 1. The zero-order chi connectivity index (χ0) is 21.5. The number of hydrogen-bond donors (Lipinski definition) is 0. The van der Waals surface area contributed by atoms with Crippen LogP contribution >= 0.6 is 23.4 Å². The summed E-state index contributed by atoms with van der Waals surface area (Å²) in [5, 5.41) is 1.59. The number of carbonyl (C=O) groups excluding carboxylic acids is 1. The van der Waals surface area contributed by atoms with E-state index in [1.807, 2.05) is 11.8 Å². The van der Waals surface area contributed by atoms with E-state index >= 15 is 0 Å². The molecule has 1 amide bonds. The average molecular weight is 450 g/mol. The summed E-state index contributed by atoms with van der Waals surface area (Å²) < 4.78 is 6.77. The zero-order valence-corrected chi connectivity index (χ0v) is 19.1. The number of rotatable bonds is 9. The lowest BCUT2D eigenvalue weighted by Gasteiger charge is -2.26. The molecule has 3 rings (SSSR count). The summed E-state index contributed by atoms with van der Waals surface area (Å²) in [6.45, 7) is 3.67. The van der Waals surface area contributed by atoms with Crippen molar-refractivity contribution in [2.45, 2.75) is 50.7 Å². The van der Waals surface area contributed by atoms with Gasteiger partial charge in [-0.1, -0.05) is 29.4 Å². The van der Waals surface area contributed by atoms with Gasteiger partial charge in [-0.15, -0.1) is 0 Å². The quantitative estimate of drug-likeness (QED) is 0.320. The number of nitrogens with zero attached hydrogens (tertiary/aromatic N) is 3. The maximum Gasteiger partial charge on any atom is 0.262 e. The molecule has 0 unspecified atom stereocenters. The number of aromatic nitrogens is 2. The minimum Gasteiger partial charge on any atom is -0.385 e. The second kappa shape index (κ2) is 11.0. The number of allylic oxidation sites excluding steroid dienone is 2. The van der Waals surface area contributed by atoms with Crippen LogP contribution in [0.4, 0.5) is 0 Å². The third-order valence-electron chi connectivity index (χ3n) is 5.17. The monoisotopic (exact) mass is 449 g/mol. The van der Waals surface area contributed by atoms with Gasteiger partial charge in [0.25, 0.3) is 5.56 Å². The molecule has 2 aromatic rings. The summed E-state index contributed by atoms with van der Waals surface area (Å²) in [6.07, 6.45) is 7.13. The van der Waals surface area contributed by atoms with Crippen molar-refractivity contribution in [2.75, 3.05) is 26.0 Å². The Kier molecular flexibility index (Phi) is 8.36. The molecule has 6 nitrogen and oxygen atoms in total. The first-order chi connectivity index (χ1) is 14.5. The van der Waals surface area contributed by atoms with Gasteiger partial charge in [0.15, 0.2) is 5.16 Å². The Hall–Kier alpha value is -1.83. The van der Waals surface area contributed by atoms with Gasteiger partial charge in [-0.3, -0.25) is 14.2 Å². The van der Waals surface area contributed by atoms with Crippen molar-refractivity contribution < 1.29 is 9.53 Å². The van der Waals surface area contributed by atoms with E-state index in [-0.39, 0.29) is 17.2 Å². The molecular weight excluding hydrogens is 422 g/mol. The van der Waals surface area contributed by atoms with Crippen molar-refractivity contribution in [3.8, 4) is 0 Å². The fourth-order valence-corrected chi connectivity index (χ4v) is 4.73. The van der Waals surface area contributed by atoms with Crippen molar-refractivity contribution in [1.82, 2.24) is 14.5 Å². The summed E-state index contributed by atoms with van der Waals surface area (Å²) in [5.74, 6) is 0.271. The lowest BCUT2D eigenvalue weighted by atomic mass is 10.0. The minimum atomic E-state index is -0.120. The number of fused-ring (bicyclic) bond motifs is 1. The van der Waals surface area contributed by atoms with Crippen LogP contribution in [0.15, 0.2) is 39.9 Å². The molecule has 30 heavy (non-hydrogen) atoms. The van der Waals surface area contributed by atoms with Gasteiger partial charge in [-0.05, 0) is 57.2 Å². The molecule has 0 saturated heterocycles. The molecule has 1 aromatic carbocycles. The van der Waals surface area contributed by atoms with E-state index in [1.54, 1.807) is 29.9 Å². The molecule has 162 valence electrons. The molecule has 0 bridgehead atoms. The van der Waals surface area contributed by atoms with E-state index in [1.165, 1.54) is 18.2 Å². The molecule has 1 aliphatic carbocycles. The Bertz CT molecular complexity index is 989. The lowest BCUT2D eigenvalue weighted by Crippen LogP contribution is -2.32. The second-order valence-electron chi connectivity index (χ2n) is 7.23. The van der Waals surface area contributed by atoms with Crippen molar-refractivity contribution in [3.63, 3.8) is 0 Å². The maximum atomic E-state index is 13.1. The molecule has 0 radical (unpaired) electrons. The van der Waals surface area contributed by atoms with E-state index in [0.717, 1.165) is 25.0 Å². The Morgan fingerprint density at radius 1 is 1.37 bits per heavy atom. The van der Waals surface area contributed by atoms with Crippen molar-refractivity contribution >= 4 is 40.2 Å². The van der Waals surface area contributed by atoms with Crippen LogP contribution in [0.3, 0.4) is 0 Å². The topological polar surface area (TPSA) is 64.4 Å². The van der Waals surface area contributed by atoms with E-state index in [9.17, 15) is 9.59 Å². The number of ether oxygens (including phenoxy) is 1. The Morgan fingerprint density at radius 3 is 2.90 bits per heavy atom. The van der Waals surface area contributed by atoms with Gasteiger partial charge in [-0.2, -0.15) is 0 Å². The number of hydrogen-bond acceptors (Lipinski definition) is 5. The van der Waals surface area contributed by atoms with E-state index in [0.29, 0.717) is 47.2 Å². The highest BCUT2D eigenvalue weighted by Gasteiger charge is 2.20. The van der Waals surface area contributed by atoms with E-state index in [2.05, 4.69) is 11.1 Å². The van der Waals surface area contributed by atoms with Gasteiger partial charge >= 0.3 is 0 Å². The second-order valence-corrected chi connectivity index (χ2v) is 8.61. The van der Waals surface area contributed by atoms with Gasteiger partial charge in [0.2, 0.25) is 5.91 Å². The number of methoxy groups -OCH3 is 1. The third-order valence-corrected chi connectivity index (χ3v) is 6.36. The largest absolute Gasteiger partial charge is 0.385 e. The summed E-state index contributed by atoms with van der Waals surface area (Å²) in [4.78, 5) is 32.5. The maximum absolute atomic E-state index is 13.1. The fourth-order valence-electron chi connectivity index (χ4n) is 3.66. The van der Waals surface area contributed by atoms with Crippen molar-refractivity contribution in [1.29, 1.82) is 0 Å². The van der Waals surface area contributed by atoms with Gasteiger partial charge < -0.3 is 9.64 Å². The standard InChI is InChI=1S/C22H28ClN3O3S/c1-3-25(17-8-5-4-6-9-17)20(27)15-30-22-24-19-14-16(23)10-11-18(19)21(28)26(22)12-7-13-29-2/h8,10-11,14H,3-7,9,12-13,15H2,1-2H3. The highest BCUT2D eigenvalue weighted by atomic mass is 35.5. The average Bonchev–Trinajstić information content (AvgIpc) is 2.75. The van der Waals surface area contributed by atoms with Crippen LogP contribution in [0.2, 0.25) is 5.02 Å². The van der Waals surface area contributed by atoms with Gasteiger partial charge in [0, 0.05) is 37.5 Å². The Balaban J connectivity index is 1.85. The molecule has 0 aliphatic heterocycles. The Labute approximate surface area is 186 Å². The molecular formula is C22H28ClN3O3S. The number of thioether (sulfide) groups is 1. The molecule has 1 heterocycles. The first-order valence-corrected chi connectivity index (χ1v) is 11.7. The van der Waals surface area contributed by atoms with Gasteiger partial charge in [0.1, 0.15) is 0 Å². The molecule has 1 aromatic heterocycles. The van der Waals surface area contributed by atoms with Crippen LogP contribution in [-0.2, 0) is 16.1 Å². The highest BCUT2D eigenvalue weighted by molar-refractivity contribution is 7.99. The van der Waals surface area contributed by atoms with E-state index < -0.39 is 0 Å². The van der Waals surface area contributed by atoms with Gasteiger partial charge in [0.05, 0.1) is 16.7 Å². The Morgan fingerprint density at radius 2 is 2.20 bits per heavy atom. The first-order valence-electron chi connectivity index (χ1n) is 10.4. The highest BCUT2D eigenvalue weighted by Crippen LogP contribution is 2.24. The summed E-state index contributed by atoms with van der Waals surface area (Å²) >= 11 is 7.41. The van der Waals surface area contributed by atoms with E-state index in [4.69, 9.17) is 16.3 Å². The number of carbonyl (C=O) groups is 1. The van der Waals surface area contributed by atoms with Crippen LogP contribution < -0.4 is 5.56 Å². The molecule has 0 N–H and O–H groups in total. The number of benzene rings is 1. The normalized spacial score (nSPS) is 14.0. The molecule has 8 heteroatoms. The smallest absolute Gasteiger partial charge is 0.262 e. The van der Waals surface area contributed by atoms with Crippen LogP contribution in [0.1, 0.15) is 39.0 Å². The van der Waals surface area contributed by atoms with Gasteiger partial charge in [-0.25, -0.2) is 4.98 Å². The van der Waals surface area contributed by atoms with Crippen LogP contribution in [0.25, 0.3) is 10.9 Å². The van der Waals surface area contributed by atoms with Crippen LogP contribution in [0, 0.1) is 0 Å². The van der Waals surface area contributed by atoms with Crippen molar-refractivity contribution in [3.05, 3.63) is 45.3 Å². The van der Waals surface area contributed by atoms with Crippen LogP contribution in [0.5, 0.6) is 0 Å². The summed E-state index contributed by atoms with van der Waals surface area (Å²) in [5.41, 5.74) is 1.54. The molecule has 0 saturated carbocycles. The zero-order valence-electron chi connectivity index (χ0n) is 17.5. The van der Waals surface area contributed by atoms with Crippen LogP contribution in [-0.4, -0.2) is 46.4 Å². The summed E-state index contributed by atoms with van der Waals surface area (Å²) in [7, 11) is 1.64. The molecule has 1 aliphatic rings. The third kappa shape index (κ3) is 5.45. The predicted molar refractivity (Wildman–Crippen MR) is 122 cm³/mol. The summed E-state index contributed by atoms with van der Waals surface area (Å²) in [6, 6.07) is 5.09. The SMILES string of the molecule is CCN(C(=O)CSc1nc2cc(Cl)ccc2c(=O)n1CCCOC)C1=CCCCC1.